The molecule has 0 saturated carbocycles. The van der Waals surface area contributed by atoms with Crippen molar-refractivity contribution < 1.29 is 41.0 Å². The number of ether oxygens (including phenoxy) is 2. The van der Waals surface area contributed by atoms with E-state index >= 15 is 0 Å². The van der Waals surface area contributed by atoms with Gasteiger partial charge in [-0.2, -0.15) is 13.2 Å². The number of fused-ring (bicyclic) bond motifs is 1. The summed E-state index contributed by atoms with van der Waals surface area (Å²) in [4.78, 5) is 21.9. The van der Waals surface area contributed by atoms with Gasteiger partial charge in [0.25, 0.3) is 0 Å². The SMILES string of the molecule is CC1CCN(Cc2c(-c3cccc(C(F)(F)F)c3)nc3cc(OC(C)C)c(S(C)(=O)=O)cc3c2C(=O)[O-])C(N2CCOCC2)C1. The van der Waals surface area contributed by atoms with Gasteiger partial charge in [0.15, 0.2) is 9.84 Å². The predicted molar refractivity (Wildman–Crippen MR) is 160 cm³/mol. The normalized spacial score (nSPS) is 20.5. The molecular formula is C32H37F3N3O6S-. The lowest BCUT2D eigenvalue weighted by Crippen LogP contribution is -2.55. The Kier molecular flexibility index (Phi) is 9.46. The van der Waals surface area contributed by atoms with E-state index in [1.807, 2.05) is 0 Å². The Morgan fingerprint density at radius 1 is 1.16 bits per heavy atom. The van der Waals surface area contributed by atoms with E-state index in [0.29, 0.717) is 38.8 Å². The number of aromatic nitrogens is 1. The molecule has 0 bridgehead atoms. The van der Waals surface area contributed by atoms with Crippen LogP contribution in [0.15, 0.2) is 41.3 Å². The molecule has 0 amide bonds. The van der Waals surface area contributed by atoms with Gasteiger partial charge in [0.1, 0.15) is 10.6 Å². The third-order valence-corrected chi connectivity index (χ3v) is 9.47. The lowest BCUT2D eigenvalue weighted by atomic mass is 9.92. The average molecular weight is 649 g/mol. The highest BCUT2D eigenvalue weighted by Gasteiger charge is 2.35. The number of likely N-dealkylation sites (tertiary alicyclic amines) is 1. The number of rotatable bonds is 8. The summed E-state index contributed by atoms with van der Waals surface area (Å²) in [7, 11) is -3.89. The molecule has 2 unspecified atom stereocenters. The number of pyridine rings is 1. The molecule has 244 valence electrons. The number of carboxylic acids is 1. The average Bonchev–Trinajstić information content (AvgIpc) is 2.96. The van der Waals surface area contributed by atoms with E-state index in [9.17, 15) is 31.5 Å². The summed E-state index contributed by atoms with van der Waals surface area (Å²) in [6.07, 6.45) is -2.48. The van der Waals surface area contributed by atoms with E-state index in [-0.39, 0.29) is 56.6 Å². The van der Waals surface area contributed by atoms with Gasteiger partial charge in [0.05, 0.1) is 48.2 Å². The first kappa shape index (κ1) is 33.1. The molecule has 2 saturated heterocycles. The van der Waals surface area contributed by atoms with Crippen molar-refractivity contribution in [2.45, 2.75) is 63.5 Å². The third-order valence-electron chi connectivity index (χ3n) is 8.35. The Bertz CT molecular complexity index is 1690. The molecule has 5 rings (SSSR count). The van der Waals surface area contributed by atoms with Gasteiger partial charge in [-0.25, -0.2) is 13.4 Å². The molecule has 3 aromatic rings. The molecule has 2 atom stereocenters. The number of halogens is 3. The van der Waals surface area contributed by atoms with Crippen molar-refractivity contribution in [2.24, 2.45) is 5.92 Å². The van der Waals surface area contributed by atoms with Crippen molar-refractivity contribution in [2.75, 3.05) is 39.1 Å². The minimum absolute atomic E-state index is 0.00515. The summed E-state index contributed by atoms with van der Waals surface area (Å²) in [5.41, 5.74) is -0.868. The fourth-order valence-electron chi connectivity index (χ4n) is 6.22. The quantitative estimate of drug-likeness (QED) is 0.352. The molecule has 2 aliphatic rings. The Morgan fingerprint density at radius 2 is 1.87 bits per heavy atom. The number of carbonyl (C=O) groups excluding carboxylic acids is 1. The van der Waals surface area contributed by atoms with E-state index in [2.05, 4.69) is 16.7 Å². The van der Waals surface area contributed by atoms with Crippen molar-refractivity contribution in [1.29, 1.82) is 0 Å². The first-order chi connectivity index (χ1) is 21.1. The summed E-state index contributed by atoms with van der Waals surface area (Å²) in [5.74, 6) is -1.21. The van der Waals surface area contributed by atoms with Crippen molar-refractivity contribution >= 4 is 26.7 Å². The molecular weight excluding hydrogens is 611 g/mol. The van der Waals surface area contributed by atoms with Crippen molar-refractivity contribution in [3.63, 3.8) is 0 Å². The standard InChI is InChI=1S/C32H38F3N3O6S/c1-19(2)44-26-17-25-23(16-27(26)45(4,41)42)29(31(39)40)24(30(36-25)21-6-5-7-22(15-21)32(33,34)35)18-38-9-8-20(3)14-28(38)37-10-12-43-13-11-37/h5-7,15-17,19-20,28H,8-14,18H2,1-4H3,(H,39,40)/p-1. The highest BCUT2D eigenvalue weighted by atomic mass is 32.2. The number of sulfone groups is 1. The molecule has 45 heavy (non-hydrogen) atoms. The molecule has 0 aliphatic carbocycles. The van der Waals surface area contributed by atoms with Crippen LogP contribution in [0.4, 0.5) is 13.2 Å². The van der Waals surface area contributed by atoms with Crippen LogP contribution in [0, 0.1) is 5.92 Å². The molecule has 0 spiro atoms. The van der Waals surface area contributed by atoms with Gasteiger partial charge < -0.3 is 19.4 Å². The number of nitrogens with zero attached hydrogens (tertiary/aromatic N) is 3. The van der Waals surface area contributed by atoms with Crippen molar-refractivity contribution in [3.05, 3.63) is 53.1 Å². The van der Waals surface area contributed by atoms with Gasteiger partial charge in [-0.05, 0) is 50.8 Å². The number of piperidine rings is 1. The van der Waals surface area contributed by atoms with E-state index in [4.69, 9.17) is 14.5 Å². The van der Waals surface area contributed by atoms with E-state index in [0.717, 1.165) is 31.2 Å². The van der Waals surface area contributed by atoms with Crippen LogP contribution in [0.1, 0.15) is 55.1 Å². The Hall–Kier alpha value is -3.26. The lowest BCUT2D eigenvalue weighted by molar-refractivity contribution is -0.254. The molecule has 2 fully saturated rings. The van der Waals surface area contributed by atoms with Crippen LogP contribution in [0.25, 0.3) is 22.2 Å². The first-order valence-electron chi connectivity index (χ1n) is 15.0. The number of carbonyl (C=O) groups is 1. The van der Waals surface area contributed by atoms with Gasteiger partial charge in [0.2, 0.25) is 0 Å². The summed E-state index contributed by atoms with van der Waals surface area (Å²) < 4.78 is 78.5. The lowest BCUT2D eigenvalue weighted by Gasteiger charge is -2.46. The van der Waals surface area contributed by atoms with Gasteiger partial charge in [0, 0.05) is 60.6 Å². The number of hydrogen-bond donors (Lipinski definition) is 0. The molecule has 0 N–H and O–H groups in total. The molecule has 13 heteroatoms. The van der Waals surface area contributed by atoms with Crippen LogP contribution in [0.3, 0.4) is 0 Å². The smallest absolute Gasteiger partial charge is 0.416 e. The largest absolute Gasteiger partial charge is 0.545 e. The number of hydrogen-bond acceptors (Lipinski definition) is 9. The van der Waals surface area contributed by atoms with E-state index in [1.54, 1.807) is 13.8 Å². The maximum absolute atomic E-state index is 13.8. The second-order valence-corrected chi connectivity index (χ2v) is 14.1. The van der Waals surface area contributed by atoms with Crippen LogP contribution >= 0.6 is 0 Å². The Morgan fingerprint density at radius 3 is 2.49 bits per heavy atom. The second-order valence-electron chi connectivity index (χ2n) is 12.2. The molecule has 2 aliphatic heterocycles. The monoisotopic (exact) mass is 648 g/mol. The fraction of sp³-hybridized carbons (Fsp3) is 0.500. The number of benzene rings is 2. The summed E-state index contributed by atoms with van der Waals surface area (Å²) in [6, 6.07) is 7.16. The number of alkyl halides is 3. The molecule has 2 aromatic carbocycles. The highest BCUT2D eigenvalue weighted by Crippen LogP contribution is 2.39. The first-order valence-corrected chi connectivity index (χ1v) is 16.8. The van der Waals surface area contributed by atoms with Gasteiger partial charge in [-0.15, -0.1) is 0 Å². The van der Waals surface area contributed by atoms with Crippen LogP contribution in [-0.4, -0.2) is 80.5 Å². The maximum atomic E-state index is 13.8. The van der Waals surface area contributed by atoms with Gasteiger partial charge >= 0.3 is 6.18 Å². The number of aromatic carboxylic acids is 1. The van der Waals surface area contributed by atoms with Crippen LogP contribution < -0.4 is 9.84 Å². The minimum Gasteiger partial charge on any atom is -0.545 e. The van der Waals surface area contributed by atoms with E-state index in [1.165, 1.54) is 24.3 Å². The Balaban J connectivity index is 1.78. The number of morpholine rings is 1. The predicted octanol–water partition coefficient (Wildman–Crippen LogP) is 4.37. The summed E-state index contributed by atoms with van der Waals surface area (Å²) >= 11 is 0. The number of carboxylic acid groups (broad SMARTS) is 1. The van der Waals surface area contributed by atoms with Crippen molar-refractivity contribution in [1.82, 2.24) is 14.8 Å². The van der Waals surface area contributed by atoms with Gasteiger partial charge in [-0.1, -0.05) is 19.1 Å². The van der Waals surface area contributed by atoms with Crippen LogP contribution in [0.5, 0.6) is 5.75 Å². The summed E-state index contributed by atoms with van der Waals surface area (Å²) in [6.45, 7) is 8.73. The molecule has 3 heterocycles. The zero-order valence-corrected chi connectivity index (χ0v) is 26.5. The second kappa shape index (κ2) is 12.9. The zero-order chi connectivity index (χ0) is 32.7. The van der Waals surface area contributed by atoms with E-state index < -0.39 is 33.7 Å². The van der Waals surface area contributed by atoms with Crippen LogP contribution in [-0.2, 0) is 27.3 Å². The highest BCUT2D eigenvalue weighted by molar-refractivity contribution is 7.90. The molecule has 1 aromatic heterocycles. The molecule has 0 radical (unpaired) electrons. The fourth-order valence-corrected chi connectivity index (χ4v) is 7.02. The summed E-state index contributed by atoms with van der Waals surface area (Å²) in [5, 5.41) is 13.0. The van der Waals surface area contributed by atoms with Crippen molar-refractivity contribution in [3.8, 4) is 17.0 Å². The maximum Gasteiger partial charge on any atom is 0.416 e. The zero-order valence-electron chi connectivity index (χ0n) is 25.7. The third kappa shape index (κ3) is 7.26. The Labute approximate surface area is 260 Å². The topological polar surface area (TPSA) is 112 Å². The van der Waals surface area contributed by atoms with Crippen LogP contribution in [0.2, 0.25) is 0 Å². The molecule has 9 nitrogen and oxygen atoms in total. The van der Waals surface area contributed by atoms with Gasteiger partial charge in [-0.3, -0.25) is 9.80 Å². The minimum atomic E-state index is -4.64.